The lowest BCUT2D eigenvalue weighted by Crippen LogP contribution is -2.49. The maximum absolute atomic E-state index is 16.2. The van der Waals surface area contributed by atoms with Gasteiger partial charge in [0.2, 0.25) is 5.91 Å². The number of pyridine rings is 1. The quantitative estimate of drug-likeness (QED) is 0.256. The van der Waals surface area contributed by atoms with Crippen molar-refractivity contribution in [3.05, 3.63) is 69.8 Å². The van der Waals surface area contributed by atoms with Gasteiger partial charge in [0.15, 0.2) is 0 Å². The lowest BCUT2D eigenvalue weighted by molar-refractivity contribution is -0.141. The fourth-order valence-electron chi connectivity index (χ4n) is 7.78. The second-order valence-corrected chi connectivity index (χ2v) is 15.1. The number of carbonyl (C=O) groups excluding carboxylic acids is 2. The highest BCUT2D eigenvalue weighted by Gasteiger charge is 2.47. The van der Waals surface area contributed by atoms with E-state index in [-0.39, 0.29) is 48.7 Å². The molecule has 54 heavy (non-hydrogen) atoms. The Bertz CT molecular complexity index is 1980. The molecule has 3 aromatic rings. The molecule has 4 fully saturated rings. The van der Waals surface area contributed by atoms with Crippen molar-refractivity contribution in [3.8, 4) is 11.1 Å². The highest BCUT2D eigenvalue weighted by Crippen LogP contribution is 2.44. The normalized spacial score (nSPS) is 20.3. The van der Waals surface area contributed by atoms with E-state index in [4.69, 9.17) is 14.5 Å². The van der Waals surface area contributed by atoms with E-state index in [0.717, 1.165) is 44.6 Å². The number of nitrogens with zero attached hydrogens (tertiary/aromatic N) is 5. The minimum Gasteiger partial charge on any atom is -0.381 e. The van der Waals surface area contributed by atoms with Crippen molar-refractivity contribution in [2.24, 2.45) is 4.99 Å². The van der Waals surface area contributed by atoms with Gasteiger partial charge in [0.05, 0.1) is 24.8 Å². The number of piperidine rings is 1. The Hall–Kier alpha value is -4.50. The molecule has 0 unspecified atom stereocenters. The Morgan fingerprint density at radius 3 is 2.37 bits per heavy atom. The average molecular weight is 750 g/mol. The molecule has 5 heterocycles. The van der Waals surface area contributed by atoms with E-state index in [1.165, 1.54) is 12.1 Å². The number of anilines is 1. The predicted octanol–water partition coefficient (Wildman–Crippen LogP) is 5.62. The molecule has 0 atom stereocenters. The molecule has 1 spiro atoms. The van der Waals surface area contributed by atoms with E-state index in [1.807, 2.05) is 24.8 Å². The van der Waals surface area contributed by atoms with Crippen molar-refractivity contribution < 1.29 is 36.6 Å². The highest BCUT2D eigenvalue weighted by molar-refractivity contribution is 6.16. The molecule has 5 aliphatic rings. The number of halogens is 4. The SMILES string of the molecule is Cc1nc(CC(=O)NC2CCOCC2)nc(C)c1-c1cc(F)c(COC2CC2)c(N2CCC3(CC2)N=C(c2ccc(C(F)(F)F)nc2C2CC2)NC3=O)c1. The number of amides is 2. The zero-order valence-electron chi connectivity index (χ0n) is 30.3. The van der Waals surface area contributed by atoms with E-state index < -0.39 is 23.2 Å². The molecule has 2 saturated carbocycles. The third-order valence-corrected chi connectivity index (χ3v) is 11.0. The Kier molecular flexibility index (Phi) is 9.65. The van der Waals surface area contributed by atoms with Gasteiger partial charge in [0, 0.05) is 72.0 Å². The van der Waals surface area contributed by atoms with Gasteiger partial charge in [-0.1, -0.05) is 0 Å². The fourth-order valence-corrected chi connectivity index (χ4v) is 7.78. The number of aryl methyl sites for hydroxylation is 2. The lowest BCUT2D eigenvalue weighted by Gasteiger charge is -2.38. The number of hydrogen-bond donors (Lipinski definition) is 2. The number of hydrogen-bond acceptors (Lipinski definition) is 9. The summed E-state index contributed by atoms with van der Waals surface area (Å²) in [7, 11) is 0. The molecular formula is C39H43F4N7O4. The van der Waals surface area contributed by atoms with Gasteiger partial charge in [0.1, 0.15) is 28.7 Å². The molecule has 2 aromatic heterocycles. The number of aromatic nitrogens is 3. The first-order valence-corrected chi connectivity index (χ1v) is 18.8. The van der Waals surface area contributed by atoms with Crippen LogP contribution in [0.15, 0.2) is 29.3 Å². The largest absolute Gasteiger partial charge is 0.433 e. The summed E-state index contributed by atoms with van der Waals surface area (Å²) < 4.78 is 68.0. The molecule has 0 bridgehead atoms. The van der Waals surface area contributed by atoms with E-state index in [0.29, 0.717) is 90.0 Å². The minimum absolute atomic E-state index is 0.0287. The van der Waals surface area contributed by atoms with Crippen LogP contribution in [0.2, 0.25) is 0 Å². The Balaban J connectivity index is 1.04. The monoisotopic (exact) mass is 749 g/mol. The van der Waals surface area contributed by atoms with Gasteiger partial charge in [-0.2, -0.15) is 13.2 Å². The van der Waals surface area contributed by atoms with Crippen LogP contribution in [0.3, 0.4) is 0 Å². The number of benzene rings is 1. The van der Waals surface area contributed by atoms with Gasteiger partial charge < -0.3 is 25.0 Å². The van der Waals surface area contributed by atoms with Crippen molar-refractivity contribution in [3.63, 3.8) is 0 Å². The van der Waals surface area contributed by atoms with Gasteiger partial charge in [-0.05, 0) is 95.0 Å². The number of amidine groups is 1. The predicted molar refractivity (Wildman–Crippen MR) is 190 cm³/mol. The van der Waals surface area contributed by atoms with Crippen LogP contribution in [0, 0.1) is 19.7 Å². The molecular weight excluding hydrogens is 706 g/mol. The van der Waals surface area contributed by atoms with Crippen LogP contribution in [0.5, 0.6) is 0 Å². The molecule has 11 nitrogen and oxygen atoms in total. The maximum atomic E-state index is 16.2. The molecule has 0 radical (unpaired) electrons. The molecule has 2 N–H and O–H groups in total. The molecule has 15 heteroatoms. The highest BCUT2D eigenvalue weighted by atomic mass is 19.4. The van der Waals surface area contributed by atoms with Crippen molar-refractivity contribution in [1.82, 2.24) is 25.6 Å². The Morgan fingerprint density at radius 2 is 1.72 bits per heavy atom. The first kappa shape index (κ1) is 36.5. The standard InChI is InChI=1S/C39H43F4N7O4/c1-21-34(22(2)45-32(44-21)19-33(51)46-25-9-15-53-16-10-25)24-17-29(40)28(20-54-26-5-6-26)30(18-24)50-13-11-38(12-14-50)37(52)48-36(49-38)27-7-8-31(39(41,42)43)47-35(27)23-3-4-23/h7-8,17-18,23,25-26H,3-6,9-16,19-20H2,1-2H3,(H,46,51)(H,48,49,52). The van der Waals surface area contributed by atoms with Gasteiger partial charge in [-0.15, -0.1) is 0 Å². The fraction of sp³-hybridized carbons (Fsp3) is 0.538. The minimum atomic E-state index is -4.58. The first-order chi connectivity index (χ1) is 25.9. The Labute approximate surface area is 310 Å². The zero-order valence-corrected chi connectivity index (χ0v) is 30.3. The summed E-state index contributed by atoms with van der Waals surface area (Å²) in [5, 5.41) is 5.90. The topological polar surface area (TPSA) is 131 Å². The van der Waals surface area contributed by atoms with Crippen LogP contribution in [0.4, 0.5) is 23.2 Å². The summed E-state index contributed by atoms with van der Waals surface area (Å²) in [5.74, 6) is -0.352. The van der Waals surface area contributed by atoms with Crippen LogP contribution in [0.25, 0.3) is 11.1 Å². The van der Waals surface area contributed by atoms with Gasteiger partial charge >= 0.3 is 6.18 Å². The number of carbonyl (C=O) groups is 2. The molecule has 2 saturated heterocycles. The number of alkyl halides is 3. The van der Waals surface area contributed by atoms with Crippen molar-refractivity contribution in [1.29, 1.82) is 0 Å². The Morgan fingerprint density at radius 1 is 1.02 bits per heavy atom. The van der Waals surface area contributed by atoms with Crippen LogP contribution in [0.1, 0.15) is 97.0 Å². The van der Waals surface area contributed by atoms with Crippen molar-refractivity contribution in [2.45, 2.75) is 108 Å². The zero-order chi connectivity index (χ0) is 37.8. The van der Waals surface area contributed by atoms with Crippen LogP contribution < -0.4 is 15.5 Å². The van der Waals surface area contributed by atoms with Gasteiger partial charge in [-0.3, -0.25) is 14.6 Å². The average Bonchev–Trinajstić information content (AvgIpc) is 4.07. The number of nitrogens with one attached hydrogen (secondary N) is 2. The second-order valence-electron chi connectivity index (χ2n) is 15.1. The van der Waals surface area contributed by atoms with Crippen LogP contribution in [-0.2, 0) is 38.3 Å². The summed E-state index contributed by atoms with van der Waals surface area (Å²) in [5.41, 5.74) is 2.23. The number of ether oxygens (including phenoxy) is 2. The van der Waals surface area contributed by atoms with Gasteiger partial charge in [0.25, 0.3) is 5.91 Å². The molecule has 2 aliphatic carbocycles. The first-order valence-electron chi connectivity index (χ1n) is 18.8. The smallest absolute Gasteiger partial charge is 0.381 e. The van der Waals surface area contributed by atoms with E-state index >= 15 is 4.39 Å². The summed E-state index contributed by atoms with van der Waals surface area (Å²) in [6, 6.07) is 5.76. The summed E-state index contributed by atoms with van der Waals surface area (Å²) in [4.78, 5) is 46.5. The second kappa shape index (κ2) is 14.3. The third-order valence-electron chi connectivity index (χ3n) is 11.0. The molecule has 2 amide bonds. The number of aliphatic imine (C=N–C) groups is 1. The molecule has 3 aliphatic heterocycles. The summed E-state index contributed by atoms with van der Waals surface area (Å²) in [6.07, 6.45) is 1.04. The third kappa shape index (κ3) is 7.57. The molecule has 286 valence electrons. The van der Waals surface area contributed by atoms with Crippen molar-refractivity contribution in [2.75, 3.05) is 31.2 Å². The van der Waals surface area contributed by atoms with E-state index in [1.54, 1.807) is 0 Å². The molecule has 1 aromatic carbocycles. The van der Waals surface area contributed by atoms with E-state index in [9.17, 15) is 22.8 Å². The number of rotatable bonds is 10. The molecule has 8 rings (SSSR count). The maximum Gasteiger partial charge on any atom is 0.433 e. The van der Waals surface area contributed by atoms with E-state index in [2.05, 4.69) is 25.6 Å². The summed E-state index contributed by atoms with van der Waals surface area (Å²) in [6.45, 7) is 5.73. The van der Waals surface area contributed by atoms with Crippen LogP contribution >= 0.6 is 0 Å². The van der Waals surface area contributed by atoms with Crippen molar-refractivity contribution >= 4 is 23.3 Å². The summed E-state index contributed by atoms with van der Waals surface area (Å²) >= 11 is 0. The lowest BCUT2D eigenvalue weighted by atomic mass is 9.87. The van der Waals surface area contributed by atoms with Crippen LogP contribution in [-0.4, -0.2) is 76.6 Å². The van der Waals surface area contributed by atoms with Gasteiger partial charge in [-0.25, -0.2) is 19.3 Å².